The molecule has 20 heavy (non-hydrogen) atoms. The van der Waals surface area contributed by atoms with Crippen molar-refractivity contribution < 1.29 is 9.53 Å². The topological polar surface area (TPSA) is 39.2 Å². The molecule has 0 radical (unpaired) electrons. The van der Waals surface area contributed by atoms with E-state index in [2.05, 4.69) is 4.98 Å². The zero-order valence-electron chi connectivity index (χ0n) is 9.53. The maximum absolute atomic E-state index is 11.7. The summed E-state index contributed by atoms with van der Waals surface area (Å²) in [5.41, 5.74) is 0.556. The molecule has 2 rings (SSSR count). The van der Waals surface area contributed by atoms with E-state index < -0.39 is 5.30 Å². The van der Waals surface area contributed by atoms with Gasteiger partial charge in [-0.1, -0.05) is 63.8 Å². The second-order valence-corrected chi connectivity index (χ2v) is 7.34. The van der Waals surface area contributed by atoms with Crippen LogP contribution in [0.3, 0.4) is 0 Å². The summed E-state index contributed by atoms with van der Waals surface area (Å²) >= 11 is 25.3. The number of rotatable bonds is 3. The standard InChI is InChI=1S/C11H5Cl4NO2S2/c12-6-2-1-3-7(13)5(6)4-18-11(17)20-10-16-8(14)9(15)19-10/h1-3H,4H2. The van der Waals surface area contributed by atoms with Crippen LogP contribution in [0.1, 0.15) is 5.56 Å². The van der Waals surface area contributed by atoms with Gasteiger partial charge in [0.15, 0.2) is 9.49 Å². The molecule has 0 spiro atoms. The van der Waals surface area contributed by atoms with Gasteiger partial charge < -0.3 is 4.74 Å². The van der Waals surface area contributed by atoms with Gasteiger partial charge in [-0.25, -0.2) is 9.78 Å². The van der Waals surface area contributed by atoms with Crippen LogP contribution in [-0.4, -0.2) is 10.3 Å². The highest BCUT2D eigenvalue weighted by molar-refractivity contribution is 8.14. The van der Waals surface area contributed by atoms with Gasteiger partial charge in [0.05, 0.1) is 0 Å². The molecule has 0 amide bonds. The minimum absolute atomic E-state index is 0.0167. The van der Waals surface area contributed by atoms with Gasteiger partial charge in [0.25, 0.3) is 0 Å². The van der Waals surface area contributed by atoms with Crippen molar-refractivity contribution in [2.45, 2.75) is 10.9 Å². The van der Waals surface area contributed by atoms with Gasteiger partial charge in [-0.15, -0.1) is 0 Å². The van der Waals surface area contributed by atoms with E-state index in [0.29, 0.717) is 24.3 Å². The molecule has 9 heteroatoms. The fourth-order valence-corrected chi connectivity index (χ4v) is 3.86. The van der Waals surface area contributed by atoms with Crippen molar-refractivity contribution >= 4 is 74.8 Å². The normalized spacial score (nSPS) is 10.6. The lowest BCUT2D eigenvalue weighted by Crippen LogP contribution is -1.99. The average Bonchev–Trinajstić information content (AvgIpc) is 2.67. The number of ether oxygens (including phenoxy) is 1. The molecule has 0 N–H and O–H groups in total. The average molecular weight is 389 g/mol. The summed E-state index contributed by atoms with van der Waals surface area (Å²) in [7, 11) is 0. The van der Waals surface area contributed by atoms with Crippen molar-refractivity contribution in [3.63, 3.8) is 0 Å². The van der Waals surface area contributed by atoms with Gasteiger partial charge in [0, 0.05) is 27.4 Å². The second kappa shape index (κ2) is 7.20. The molecule has 0 atom stereocenters. The molecule has 0 fully saturated rings. The summed E-state index contributed by atoms with van der Waals surface area (Å²) < 4.78 is 5.82. The Hall–Kier alpha value is -0.170. The summed E-state index contributed by atoms with van der Waals surface area (Å²) in [6.45, 7) is -0.0167. The molecule has 0 aliphatic rings. The monoisotopic (exact) mass is 387 g/mol. The fourth-order valence-electron chi connectivity index (χ4n) is 1.21. The molecule has 0 unspecified atom stereocenters. The van der Waals surface area contributed by atoms with Crippen molar-refractivity contribution in [2.24, 2.45) is 0 Å². The van der Waals surface area contributed by atoms with Gasteiger partial charge in [0.2, 0.25) is 0 Å². The lowest BCUT2D eigenvalue weighted by Gasteiger charge is -2.07. The zero-order valence-corrected chi connectivity index (χ0v) is 14.2. The molecule has 0 saturated heterocycles. The third-order valence-corrected chi connectivity index (χ3v) is 5.39. The van der Waals surface area contributed by atoms with Crippen LogP contribution < -0.4 is 0 Å². The molecule has 0 aliphatic carbocycles. The number of aromatic nitrogens is 1. The quantitative estimate of drug-likeness (QED) is 0.464. The first-order valence-corrected chi connectivity index (χ1v) is 8.21. The molecular formula is C11H5Cl4NO2S2. The van der Waals surface area contributed by atoms with Crippen molar-refractivity contribution in [3.05, 3.63) is 43.3 Å². The Bertz CT molecular complexity index is 608. The van der Waals surface area contributed by atoms with Gasteiger partial charge in [0.1, 0.15) is 10.9 Å². The number of carbonyl (C=O) groups excluding carboxylic acids is 1. The summed E-state index contributed by atoms with van der Waals surface area (Å²) in [6.07, 6.45) is 0. The third kappa shape index (κ3) is 4.16. The van der Waals surface area contributed by atoms with Crippen LogP contribution in [0.5, 0.6) is 0 Å². The first-order valence-electron chi connectivity index (χ1n) is 5.06. The Morgan fingerprint density at radius 1 is 1.25 bits per heavy atom. The Morgan fingerprint density at radius 2 is 1.90 bits per heavy atom. The molecule has 2 aromatic rings. The first kappa shape index (κ1) is 16.2. The van der Waals surface area contributed by atoms with Crippen LogP contribution in [0.4, 0.5) is 4.79 Å². The second-order valence-electron chi connectivity index (χ2n) is 3.39. The van der Waals surface area contributed by atoms with Gasteiger partial charge >= 0.3 is 5.30 Å². The highest BCUT2D eigenvalue weighted by atomic mass is 35.5. The molecule has 106 valence electrons. The van der Waals surface area contributed by atoms with Crippen molar-refractivity contribution in [2.75, 3.05) is 0 Å². The fraction of sp³-hybridized carbons (Fsp3) is 0.0909. The SMILES string of the molecule is O=C(OCc1c(Cl)cccc1Cl)Sc1nc(Cl)c(Cl)s1. The van der Waals surface area contributed by atoms with Gasteiger partial charge in [-0.05, 0) is 12.1 Å². The van der Waals surface area contributed by atoms with E-state index in [1.54, 1.807) is 18.2 Å². The highest BCUT2D eigenvalue weighted by Gasteiger charge is 2.14. The summed E-state index contributed by atoms with van der Waals surface area (Å²) in [4.78, 5) is 15.6. The summed E-state index contributed by atoms with van der Waals surface area (Å²) in [5, 5.41) is 0.510. The highest BCUT2D eigenvalue weighted by Crippen LogP contribution is 2.35. The number of hydrogen-bond acceptors (Lipinski definition) is 5. The summed E-state index contributed by atoms with van der Waals surface area (Å²) in [5.74, 6) is 0. The number of benzene rings is 1. The lowest BCUT2D eigenvalue weighted by molar-refractivity contribution is 0.169. The van der Waals surface area contributed by atoms with Crippen LogP contribution in [0.15, 0.2) is 22.5 Å². The van der Waals surface area contributed by atoms with E-state index in [1.165, 1.54) is 0 Å². The number of hydrogen-bond donors (Lipinski definition) is 0. The molecule has 0 saturated carbocycles. The minimum atomic E-state index is -0.539. The minimum Gasteiger partial charge on any atom is -0.452 e. The van der Waals surface area contributed by atoms with E-state index >= 15 is 0 Å². The largest absolute Gasteiger partial charge is 0.452 e. The maximum atomic E-state index is 11.7. The first-order chi connectivity index (χ1) is 9.47. The Morgan fingerprint density at radius 3 is 2.45 bits per heavy atom. The lowest BCUT2D eigenvalue weighted by atomic mass is 10.2. The van der Waals surface area contributed by atoms with Crippen LogP contribution in [0, 0.1) is 0 Å². The molecule has 0 aliphatic heterocycles. The third-order valence-electron chi connectivity index (χ3n) is 2.10. The van der Waals surface area contributed by atoms with Crippen LogP contribution >= 0.6 is 69.5 Å². The van der Waals surface area contributed by atoms with Crippen LogP contribution in [0.25, 0.3) is 0 Å². The van der Waals surface area contributed by atoms with E-state index in [0.717, 1.165) is 23.1 Å². The Kier molecular flexibility index (Phi) is 5.84. The summed E-state index contributed by atoms with van der Waals surface area (Å²) in [6, 6.07) is 5.05. The van der Waals surface area contributed by atoms with Crippen LogP contribution in [-0.2, 0) is 11.3 Å². The Labute approximate surface area is 143 Å². The molecular weight excluding hydrogens is 384 g/mol. The molecule has 3 nitrogen and oxygen atoms in total. The smallest absolute Gasteiger partial charge is 0.374 e. The predicted molar refractivity (Wildman–Crippen MR) is 84.6 cm³/mol. The van der Waals surface area contributed by atoms with Crippen molar-refractivity contribution in [3.8, 4) is 0 Å². The van der Waals surface area contributed by atoms with E-state index in [-0.39, 0.29) is 11.8 Å². The number of halogens is 4. The van der Waals surface area contributed by atoms with E-state index in [4.69, 9.17) is 51.1 Å². The van der Waals surface area contributed by atoms with Crippen LogP contribution in [0.2, 0.25) is 19.5 Å². The van der Waals surface area contributed by atoms with Crippen molar-refractivity contribution in [1.82, 2.24) is 4.98 Å². The number of thioether (sulfide) groups is 1. The Balaban J connectivity index is 1.95. The number of carbonyl (C=O) groups is 1. The van der Waals surface area contributed by atoms with Gasteiger partial charge in [-0.2, -0.15) is 0 Å². The van der Waals surface area contributed by atoms with Crippen molar-refractivity contribution in [1.29, 1.82) is 0 Å². The molecule has 0 bridgehead atoms. The maximum Gasteiger partial charge on any atom is 0.374 e. The number of nitrogens with zero attached hydrogens (tertiary/aromatic N) is 1. The predicted octanol–water partition coefficient (Wildman–Crippen LogP) is 6.19. The number of thiazole rings is 1. The van der Waals surface area contributed by atoms with E-state index in [1.807, 2.05) is 0 Å². The molecule has 1 heterocycles. The molecule has 1 aromatic heterocycles. The van der Waals surface area contributed by atoms with Gasteiger partial charge in [-0.3, -0.25) is 0 Å². The molecule has 1 aromatic carbocycles. The van der Waals surface area contributed by atoms with E-state index in [9.17, 15) is 4.79 Å². The zero-order chi connectivity index (χ0) is 14.7.